The number of hydrogen-bond acceptors (Lipinski definition) is 5. The van der Waals surface area contributed by atoms with Gasteiger partial charge in [-0.25, -0.2) is 0 Å². The van der Waals surface area contributed by atoms with Crippen molar-refractivity contribution in [1.82, 2.24) is 4.98 Å². The van der Waals surface area contributed by atoms with Crippen LogP contribution in [-0.2, 0) is 0 Å². The van der Waals surface area contributed by atoms with E-state index in [1.807, 2.05) is 0 Å². The summed E-state index contributed by atoms with van der Waals surface area (Å²) in [5.41, 5.74) is 6.30. The molecule has 0 radical (unpaired) electrons. The van der Waals surface area contributed by atoms with Crippen LogP contribution in [0, 0.1) is 0 Å². The van der Waals surface area contributed by atoms with Crippen molar-refractivity contribution >= 4 is 5.69 Å². The highest BCUT2D eigenvalue weighted by Gasteiger charge is 2.07. The summed E-state index contributed by atoms with van der Waals surface area (Å²) in [4.78, 5) is 4.15. The van der Waals surface area contributed by atoms with Gasteiger partial charge in [-0.2, -0.15) is 4.98 Å². The molecule has 94 valence electrons. The zero-order valence-corrected chi connectivity index (χ0v) is 10.2. The molecule has 0 unspecified atom stereocenters. The lowest BCUT2D eigenvalue weighted by molar-refractivity contribution is 0.362. The number of benzene rings is 1. The fourth-order valence-electron chi connectivity index (χ4n) is 1.45. The molecule has 2 N–H and O–H groups in total. The maximum absolute atomic E-state index is 5.71. The Balaban J connectivity index is 2.29. The number of methoxy groups -OCH3 is 2. The number of hydrogen-bond donors (Lipinski definition) is 1. The largest absolute Gasteiger partial charge is 0.493 e. The average molecular weight is 246 g/mol. The van der Waals surface area contributed by atoms with Crippen LogP contribution in [-0.4, -0.2) is 19.2 Å². The van der Waals surface area contributed by atoms with E-state index >= 15 is 0 Å². The molecule has 2 rings (SSSR count). The molecule has 0 aliphatic heterocycles. The van der Waals surface area contributed by atoms with Crippen molar-refractivity contribution in [3.8, 4) is 23.3 Å². The second-order valence-electron chi connectivity index (χ2n) is 3.53. The highest BCUT2D eigenvalue weighted by molar-refractivity contribution is 5.52. The van der Waals surface area contributed by atoms with Crippen LogP contribution in [0.3, 0.4) is 0 Å². The average Bonchev–Trinajstić information content (AvgIpc) is 2.39. The molecule has 18 heavy (non-hydrogen) atoms. The molecule has 0 spiro atoms. The zero-order valence-electron chi connectivity index (χ0n) is 10.2. The topological polar surface area (TPSA) is 66.6 Å². The number of rotatable bonds is 4. The van der Waals surface area contributed by atoms with E-state index in [2.05, 4.69) is 4.98 Å². The summed E-state index contributed by atoms with van der Waals surface area (Å²) in [6, 6.07) is 10.4. The van der Waals surface area contributed by atoms with Crippen molar-refractivity contribution in [3.05, 3.63) is 36.4 Å². The summed E-state index contributed by atoms with van der Waals surface area (Å²) in [7, 11) is 3.12. The van der Waals surface area contributed by atoms with Gasteiger partial charge in [-0.1, -0.05) is 6.07 Å². The van der Waals surface area contributed by atoms with E-state index < -0.39 is 0 Å². The van der Waals surface area contributed by atoms with Crippen molar-refractivity contribution in [2.45, 2.75) is 0 Å². The van der Waals surface area contributed by atoms with E-state index in [0.717, 1.165) is 0 Å². The Kier molecular flexibility index (Phi) is 3.52. The molecule has 1 aromatic heterocycles. The minimum atomic E-state index is 0.415. The quantitative estimate of drug-likeness (QED) is 0.839. The first-order valence-corrected chi connectivity index (χ1v) is 5.35. The lowest BCUT2D eigenvalue weighted by Gasteiger charge is -2.10. The van der Waals surface area contributed by atoms with E-state index in [4.69, 9.17) is 19.9 Å². The number of nitrogens with two attached hydrogens (primary N) is 1. The molecule has 1 aromatic carbocycles. The van der Waals surface area contributed by atoms with Gasteiger partial charge >= 0.3 is 0 Å². The number of ether oxygens (including phenoxy) is 3. The van der Waals surface area contributed by atoms with Crippen LogP contribution in [0.25, 0.3) is 0 Å². The Bertz CT molecular complexity index is 544. The molecule has 0 aliphatic rings. The Morgan fingerprint density at radius 3 is 2.44 bits per heavy atom. The van der Waals surface area contributed by atoms with Gasteiger partial charge in [0.15, 0.2) is 11.5 Å². The van der Waals surface area contributed by atoms with E-state index in [1.54, 1.807) is 50.6 Å². The molecule has 5 nitrogen and oxygen atoms in total. The third-order valence-electron chi connectivity index (χ3n) is 2.31. The van der Waals surface area contributed by atoms with Gasteiger partial charge in [0, 0.05) is 23.9 Å². The SMILES string of the molecule is COc1cccc(Oc2cc(N)ccc2OC)n1. The summed E-state index contributed by atoms with van der Waals surface area (Å²) in [6.45, 7) is 0. The minimum Gasteiger partial charge on any atom is -0.493 e. The molecule has 5 heteroatoms. The Hall–Kier alpha value is -2.43. The van der Waals surface area contributed by atoms with Gasteiger partial charge in [-0.15, -0.1) is 0 Å². The number of aromatic nitrogens is 1. The molecule has 1 heterocycles. The van der Waals surface area contributed by atoms with E-state index in [0.29, 0.717) is 28.9 Å². The highest BCUT2D eigenvalue weighted by Crippen LogP contribution is 2.32. The smallest absolute Gasteiger partial charge is 0.222 e. The van der Waals surface area contributed by atoms with Crippen LogP contribution in [0.5, 0.6) is 23.3 Å². The maximum Gasteiger partial charge on any atom is 0.222 e. The zero-order chi connectivity index (χ0) is 13.0. The molecule has 0 bridgehead atoms. The highest BCUT2D eigenvalue weighted by atomic mass is 16.5. The van der Waals surface area contributed by atoms with Crippen molar-refractivity contribution in [3.63, 3.8) is 0 Å². The van der Waals surface area contributed by atoms with Crippen LogP contribution < -0.4 is 19.9 Å². The molecule has 0 saturated heterocycles. The summed E-state index contributed by atoms with van der Waals surface area (Å²) >= 11 is 0. The van der Waals surface area contributed by atoms with Gasteiger partial charge in [0.1, 0.15) is 0 Å². The number of nitrogen functional groups attached to an aromatic ring is 1. The van der Waals surface area contributed by atoms with Crippen LogP contribution in [0.2, 0.25) is 0 Å². The molecule has 0 atom stereocenters. The fourth-order valence-corrected chi connectivity index (χ4v) is 1.45. The lowest BCUT2D eigenvalue weighted by atomic mass is 10.3. The second-order valence-corrected chi connectivity index (χ2v) is 3.53. The Morgan fingerprint density at radius 1 is 0.944 bits per heavy atom. The number of pyridine rings is 1. The normalized spacial score (nSPS) is 9.89. The van der Waals surface area contributed by atoms with Gasteiger partial charge in [0.2, 0.25) is 11.8 Å². The molecule has 2 aromatic rings. The van der Waals surface area contributed by atoms with Crippen molar-refractivity contribution in [2.24, 2.45) is 0 Å². The molecular weight excluding hydrogens is 232 g/mol. The van der Waals surface area contributed by atoms with E-state index in [-0.39, 0.29) is 0 Å². The van der Waals surface area contributed by atoms with Gasteiger partial charge in [-0.3, -0.25) is 0 Å². The molecule has 0 amide bonds. The summed E-state index contributed by atoms with van der Waals surface area (Å²) in [5, 5.41) is 0. The van der Waals surface area contributed by atoms with E-state index in [1.165, 1.54) is 0 Å². The predicted molar refractivity (Wildman–Crippen MR) is 68.3 cm³/mol. The molecular formula is C13H14N2O3. The third-order valence-corrected chi connectivity index (χ3v) is 2.31. The van der Waals surface area contributed by atoms with Crippen molar-refractivity contribution in [1.29, 1.82) is 0 Å². The summed E-state index contributed by atoms with van der Waals surface area (Å²) in [6.07, 6.45) is 0. The molecule has 0 aliphatic carbocycles. The van der Waals surface area contributed by atoms with Crippen LogP contribution >= 0.6 is 0 Å². The molecule has 0 fully saturated rings. The van der Waals surface area contributed by atoms with Gasteiger partial charge in [0.05, 0.1) is 14.2 Å². The minimum absolute atomic E-state index is 0.415. The first-order chi connectivity index (χ1) is 8.72. The Labute approximate surface area is 105 Å². The van der Waals surface area contributed by atoms with Crippen molar-refractivity contribution < 1.29 is 14.2 Å². The first-order valence-electron chi connectivity index (χ1n) is 5.35. The Morgan fingerprint density at radius 2 is 1.72 bits per heavy atom. The van der Waals surface area contributed by atoms with Crippen molar-refractivity contribution in [2.75, 3.05) is 20.0 Å². The van der Waals surface area contributed by atoms with E-state index in [9.17, 15) is 0 Å². The number of nitrogens with zero attached hydrogens (tertiary/aromatic N) is 1. The summed E-state index contributed by atoms with van der Waals surface area (Å²) < 4.78 is 15.8. The first kappa shape index (κ1) is 12.0. The monoisotopic (exact) mass is 246 g/mol. The lowest BCUT2D eigenvalue weighted by Crippen LogP contribution is -1.95. The summed E-state index contributed by atoms with van der Waals surface area (Å²) in [5.74, 6) is 2.00. The predicted octanol–water partition coefficient (Wildman–Crippen LogP) is 2.47. The number of anilines is 1. The van der Waals surface area contributed by atoms with Crippen LogP contribution in [0.1, 0.15) is 0 Å². The van der Waals surface area contributed by atoms with Crippen LogP contribution in [0.4, 0.5) is 5.69 Å². The second kappa shape index (κ2) is 5.27. The maximum atomic E-state index is 5.71. The third kappa shape index (κ3) is 2.63. The van der Waals surface area contributed by atoms with Gasteiger partial charge < -0.3 is 19.9 Å². The molecule has 0 saturated carbocycles. The van der Waals surface area contributed by atoms with Gasteiger partial charge in [-0.05, 0) is 12.1 Å². The standard InChI is InChI=1S/C13H14N2O3/c1-16-10-7-6-9(14)8-11(10)18-13-5-3-4-12(15-13)17-2/h3-8H,14H2,1-2H3. The van der Waals surface area contributed by atoms with Crippen LogP contribution in [0.15, 0.2) is 36.4 Å². The van der Waals surface area contributed by atoms with Gasteiger partial charge in [0.25, 0.3) is 0 Å². The fraction of sp³-hybridized carbons (Fsp3) is 0.154.